The summed E-state index contributed by atoms with van der Waals surface area (Å²) in [6.07, 6.45) is 5.54. The van der Waals surface area contributed by atoms with E-state index in [1.165, 1.54) is 24.8 Å². The molecule has 7 nitrogen and oxygen atoms in total. The number of anilines is 3. The highest BCUT2D eigenvalue weighted by molar-refractivity contribution is 7.80. The molecule has 1 aromatic heterocycles. The van der Waals surface area contributed by atoms with Gasteiger partial charge in [-0.25, -0.2) is 0 Å². The first kappa shape index (κ1) is 26.4. The van der Waals surface area contributed by atoms with E-state index in [9.17, 15) is 0 Å². The lowest BCUT2D eigenvalue weighted by Crippen LogP contribution is -2.45. The summed E-state index contributed by atoms with van der Waals surface area (Å²) in [7, 11) is 0. The molecule has 4 heterocycles. The van der Waals surface area contributed by atoms with E-state index in [4.69, 9.17) is 38.5 Å². The third-order valence-electron chi connectivity index (χ3n) is 8.04. The first-order valence-electron chi connectivity index (χ1n) is 13.7. The lowest BCUT2D eigenvalue weighted by molar-refractivity contribution is 0.0515. The van der Waals surface area contributed by atoms with Gasteiger partial charge in [0.05, 0.1) is 0 Å². The molecule has 0 spiro atoms. The first-order chi connectivity index (χ1) is 17.9. The normalized spacial score (nSPS) is 23.6. The van der Waals surface area contributed by atoms with Crippen LogP contribution in [0.25, 0.3) is 0 Å². The van der Waals surface area contributed by atoms with Crippen molar-refractivity contribution < 1.29 is 4.74 Å². The summed E-state index contributed by atoms with van der Waals surface area (Å²) >= 11 is 11.9. The number of piperidine rings is 1. The smallest absolute Gasteiger partial charge is 0.232 e. The highest BCUT2D eigenvalue weighted by Crippen LogP contribution is 2.35. The summed E-state index contributed by atoms with van der Waals surface area (Å²) in [6, 6.07) is 10.3. The molecule has 0 saturated carbocycles. The Morgan fingerprint density at radius 2 is 1.65 bits per heavy atom. The van der Waals surface area contributed by atoms with Gasteiger partial charge in [0.15, 0.2) is 5.11 Å². The number of hydrogen-bond acceptors (Lipinski definition) is 6. The molecule has 3 fully saturated rings. The van der Waals surface area contributed by atoms with Crippen LogP contribution in [0.2, 0.25) is 5.02 Å². The van der Waals surface area contributed by atoms with Crippen molar-refractivity contribution in [3.63, 3.8) is 0 Å². The fourth-order valence-corrected chi connectivity index (χ4v) is 6.42. The number of aromatic nitrogens is 2. The van der Waals surface area contributed by atoms with E-state index in [2.05, 4.69) is 52.5 Å². The molecule has 0 radical (unpaired) electrons. The van der Waals surface area contributed by atoms with Crippen LogP contribution in [0.3, 0.4) is 0 Å². The minimum atomic E-state index is -0.0575. The molecule has 0 aliphatic carbocycles. The summed E-state index contributed by atoms with van der Waals surface area (Å²) in [5.74, 6) is 3.84. The third-order valence-corrected chi connectivity index (χ3v) is 8.54. The molecule has 2 atom stereocenters. The summed E-state index contributed by atoms with van der Waals surface area (Å²) in [5.41, 5.74) is 1.20. The monoisotopic (exact) mass is 542 g/mol. The summed E-state index contributed by atoms with van der Waals surface area (Å²) < 4.78 is 5.69. The van der Waals surface area contributed by atoms with Gasteiger partial charge >= 0.3 is 0 Å². The molecule has 3 aliphatic rings. The van der Waals surface area contributed by atoms with Crippen molar-refractivity contribution in [3.8, 4) is 0 Å². The van der Waals surface area contributed by atoms with Gasteiger partial charge in [0.25, 0.3) is 0 Å². The van der Waals surface area contributed by atoms with E-state index in [0.29, 0.717) is 29.4 Å². The number of thiocarbonyl (C=S) groups is 1. The van der Waals surface area contributed by atoms with Crippen molar-refractivity contribution in [2.75, 3.05) is 61.1 Å². The second kappa shape index (κ2) is 11.7. The molecule has 0 amide bonds. The Kier molecular flexibility index (Phi) is 8.37. The van der Waals surface area contributed by atoms with Crippen molar-refractivity contribution in [3.05, 3.63) is 40.9 Å². The van der Waals surface area contributed by atoms with Crippen LogP contribution < -0.4 is 20.4 Å². The third kappa shape index (κ3) is 6.47. The maximum Gasteiger partial charge on any atom is 0.232 e. The Morgan fingerprint density at radius 3 is 2.30 bits per heavy atom. The maximum atomic E-state index is 6.17. The molecule has 9 heteroatoms. The molecule has 0 bridgehead atoms. The van der Waals surface area contributed by atoms with Crippen LogP contribution in [0.4, 0.5) is 17.6 Å². The molecule has 5 rings (SSSR count). The SMILES string of the molecule is C[C@@H]1C[C@@H](C)CN(c2cc(N3CCCC3)nc(NC(=S)NCC3(c4ccc(Cl)cc4)CCOCC3)n2)C1. The van der Waals surface area contributed by atoms with E-state index < -0.39 is 0 Å². The van der Waals surface area contributed by atoms with Crippen molar-refractivity contribution in [1.82, 2.24) is 15.3 Å². The predicted molar refractivity (Wildman–Crippen MR) is 156 cm³/mol. The van der Waals surface area contributed by atoms with E-state index in [-0.39, 0.29) is 5.41 Å². The van der Waals surface area contributed by atoms with Gasteiger partial charge in [-0.15, -0.1) is 0 Å². The number of ether oxygens (including phenoxy) is 1. The summed E-state index contributed by atoms with van der Waals surface area (Å²) in [4.78, 5) is 14.6. The van der Waals surface area contributed by atoms with Gasteiger partial charge in [0.2, 0.25) is 5.95 Å². The number of nitrogens with zero attached hydrogens (tertiary/aromatic N) is 4. The zero-order chi connectivity index (χ0) is 25.8. The van der Waals surface area contributed by atoms with Gasteiger partial charge in [-0.3, -0.25) is 0 Å². The molecular weight excluding hydrogens is 504 g/mol. The van der Waals surface area contributed by atoms with E-state index in [0.717, 1.165) is 68.9 Å². The second-order valence-corrected chi connectivity index (χ2v) is 12.0. The van der Waals surface area contributed by atoms with Crippen molar-refractivity contribution in [2.24, 2.45) is 11.8 Å². The van der Waals surface area contributed by atoms with Crippen LogP contribution in [0.5, 0.6) is 0 Å². The lowest BCUT2D eigenvalue weighted by atomic mass is 9.74. The number of nitrogens with one attached hydrogen (secondary N) is 2. The Labute approximate surface area is 231 Å². The van der Waals surface area contributed by atoms with Crippen LogP contribution in [0, 0.1) is 11.8 Å². The summed E-state index contributed by atoms with van der Waals surface area (Å²) in [5, 5.41) is 8.09. The number of halogens is 1. The minimum Gasteiger partial charge on any atom is -0.381 e. The Bertz CT molecular complexity index is 1060. The van der Waals surface area contributed by atoms with E-state index >= 15 is 0 Å². The average Bonchev–Trinajstić information content (AvgIpc) is 3.43. The van der Waals surface area contributed by atoms with Gasteiger partial charge in [0.1, 0.15) is 11.6 Å². The van der Waals surface area contributed by atoms with Crippen LogP contribution in [-0.4, -0.2) is 61.0 Å². The van der Waals surface area contributed by atoms with Gasteiger partial charge in [-0.05, 0) is 73.9 Å². The van der Waals surface area contributed by atoms with Crippen LogP contribution in [0.15, 0.2) is 30.3 Å². The van der Waals surface area contributed by atoms with Crippen molar-refractivity contribution >= 4 is 46.5 Å². The molecule has 3 saturated heterocycles. The first-order valence-corrected chi connectivity index (χ1v) is 14.5. The molecule has 0 unspecified atom stereocenters. The van der Waals surface area contributed by atoms with Crippen molar-refractivity contribution in [1.29, 1.82) is 0 Å². The molecule has 3 aliphatic heterocycles. The van der Waals surface area contributed by atoms with Gasteiger partial charge in [-0.2, -0.15) is 9.97 Å². The van der Waals surface area contributed by atoms with Crippen LogP contribution in [0.1, 0.15) is 51.5 Å². The van der Waals surface area contributed by atoms with Gasteiger partial charge < -0.3 is 25.2 Å². The predicted octanol–water partition coefficient (Wildman–Crippen LogP) is 5.25. The second-order valence-electron chi connectivity index (χ2n) is 11.2. The number of hydrogen-bond donors (Lipinski definition) is 2. The topological polar surface area (TPSA) is 65.5 Å². The van der Waals surface area contributed by atoms with E-state index in [1.807, 2.05) is 12.1 Å². The summed E-state index contributed by atoms with van der Waals surface area (Å²) in [6.45, 7) is 11.0. The zero-order valence-electron chi connectivity index (χ0n) is 22.0. The molecule has 2 N–H and O–H groups in total. The number of rotatable bonds is 6. The van der Waals surface area contributed by atoms with E-state index in [1.54, 1.807) is 0 Å². The zero-order valence-corrected chi connectivity index (χ0v) is 23.6. The maximum absolute atomic E-state index is 6.17. The van der Waals surface area contributed by atoms with Crippen LogP contribution in [-0.2, 0) is 10.2 Å². The number of benzene rings is 1. The largest absolute Gasteiger partial charge is 0.381 e. The Balaban J connectivity index is 1.32. The van der Waals surface area contributed by atoms with Crippen molar-refractivity contribution in [2.45, 2.75) is 51.4 Å². The molecule has 37 heavy (non-hydrogen) atoms. The Morgan fingerprint density at radius 1 is 1.03 bits per heavy atom. The minimum absolute atomic E-state index is 0.0575. The fraction of sp³-hybridized carbons (Fsp3) is 0.607. The highest BCUT2D eigenvalue weighted by atomic mass is 35.5. The fourth-order valence-electron chi connectivity index (χ4n) is 6.13. The molecule has 2 aromatic rings. The van der Waals surface area contributed by atoms with Gasteiger partial charge in [0, 0.05) is 62.4 Å². The molecule has 200 valence electrons. The Hall–Kier alpha value is -2.16. The standard InChI is InChI=1S/C28H39ClN6OS/c1-20-15-21(2)18-35(17-20)25-16-24(34-11-3-4-12-34)31-26(32-25)33-27(37)30-19-28(9-13-36-14-10-28)22-5-7-23(29)8-6-22/h5-8,16,20-21H,3-4,9-15,17-19H2,1-2H3,(H2,30,31,32,33,37)/t20-,21-/m1/s1. The molecular formula is C28H39ClN6OS. The lowest BCUT2D eigenvalue weighted by Gasteiger charge is -2.38. The van der Waals surface area contributed by atoms with Crippen LogP contribution >= 0.6 is 23.8 Å². The quantitative estimate of drug-likeness (QED) is 0.480. The van der Waals surface area contributed by atoms with Gasteiger partial charge in [-0.1, -0.05) is 37.6 Å². The highest BCUT2D eigenvalue weighted by Gasteiger charge is 2.34. The average molecular weight is 543 g/mol. The molecule has 1 aromatic carbocycles.